The molecule has 2 rings (SSSR count). The quantitative estimate of drug-likeness (QED) is 0.631. The first-order chi connectivity index (χ1) is 13.5. The number of hydrogen-bond donors (Lipinski definition) is 1. The van der Waals surface area contributed by atoms with Gasteiger partial charge in [0.05, 0.1) is 21.3 Å². The Labute approximate surface area is 164 Å². The predicted octanol–water partition coefficient (Wildman–Crippen LogP) is 2.65. The Bertz CT molecular complexity index is 834. The summed E-state index contributed by atoms with van der Waals surface area (Å²) < 4.78 is 21.2. The van der Waals surface area contributed by atoms with Crippen LogP contribution in [0.5, 0.6) is 23.0 Å². The molecule has 0 aliphatic rings. The number of benzene rings is 2. The fourth-order valence-corrected chi connectivity index (χ4v) is 2.58. The standard InChI is InChI=1S/C21H25NO6/c1-14(23)16-6-8-18(20(12-16)27-4)28-13-21(24)22-10-9-15-5-7-17(25-2)19(11-15)26-3/h5-8,11-12H,9-10,13H2,1-4H3,(H,22,24). The molecule has 0 aliphatic carbocycles. The molecule has 0 aliphatic heterocycles. The number of carbonyl (C=O) groups is 2. The van der Waals surface area contributed by atoms with Gasteiger partial charge in [0.1, 0.15) is 0 Å². The number of rotatable bonds is 10. The maximum atomic E-state index is 12.0. The second-order valence-electron chi connectivity index (χ2n) is 6.00. The van der Waals surface area contributed by atoms with E-state index in [0.29, 0.717) is 41.5 Å². The lowest BCUT2D eigenvalue weighted by molar-refractivity contribution is -0.123. The summed E-state index contributed by atoms with van der Waals surface area (Å²) in [5.74, 6) is 1.80. The molecule has 0 radical (unpaired) electrons. The summed E-state index contributed by atoms with van der Waals surface area (Å²) in [7, 11) is 4.65. The average Bonchev–Trinajstić information content (AvgIpc) is 2.71. The Morgan fingerprint density at radius 3 is 2.14 bits per heavy atom. The highest BCUT2D eigenvalue weighted by atomic mass is 16.5. The first kappa shape index (κ1) is 21.1. The highest BCUT2D eigenvalue weighted by molar-refractivity contribution is 5.94. The van der Waals surface area contributed by atoms with E-state index in [2.05, 4.69) is 5.32 Å². The van der Waals surface area contributed by atoms with E-state index < -0.39 is 0 Å². The molecule has 28 heavy (non-hydrogen) atoms. The van der Waals surface area contributed by atoms with E-state index in [1.54, 1.807) is 32.4 Å². The first-order valence-electron chi connectivity index (χ1n) is 8.77. The second-order valence-corrected chi connectivity index (χ2v) is 6.00. The van der Waals surface area contributed by atoms with Crippen molar-refractivity contribution in [2.24, 2.45) is 0 Å². The molecule has 7 heteroatoms. The van der Waals surface area contributed by atoms with E-state index in [1.807, 2.05) is 18.2 Å². The van der Waals surface area contributed by atoms with Gasteiger partial charge in [-0.2, -0.15) is 0 Å². The summed E-state index contributed by atoms with van der Waals surface area (Å²) in [5.41, 5.74) is 1.53. The summed E-state index contributed by atoms with van der Waals surface area (Å²) in [5, 5.41) is 2.80. The molecule has 2 aromatic carbocycles. The molecule has 0 unspecified atom stereocenters. The molecule has 0 heterocycles. The molecule has 2 aromatic rings. The molecule has 1 N–H and O–H groups in total. The zero-order valence-electron chi connectivity index (χ0n) is 16.5. The van der Waals surface area contributed by atoms with Crippen LogP contribution < -0.4 is 24.3 Å². The highest BCUT2D eigenvalue weighted by Gasteiger charge is 2.11. The third-order valence-corrected chi connectivity index (χ3v) is 4.11. The molecule has 0 aromatic heterocycles. The molecule has 150 valence electrons. The minimum Gasteiger partial charge on any atom is -0.493 e. The number of hydrogen-bond acceptors (Lipinski definition) is 6. The highest BCUT2D eigenvalue weighted by Crippen LogP contribution is 2.28. The summed E-state index contributed by atoms with van der Waals surface area (Å²) in [6, 6.07) is 10.5. The van der Waals surface area contributed by atoms with Crippen LogP contribution >= 0.6 is 0 Å². The van der Waals surface area contributed by atoms with Crippen LogP contribution in [0.1, 0.15) is 22.8 Å². The zero-order valence-corrected chi connectivity index (χ0v) is 16.5. The van der Waals surface area contributed by atoms with Crippen molar-refractivity contribution in [2.45, 2.75) is 13.3 Å². The Morgan fingerprint density at radius 1 is 0.857 bits per heavy atom. The Morgan fingerprint density at radius 2 is 1.50 bits per heavy atom. The molecule has 0 saturated carbocycles. The van der Waals surface area contributed by atoms with Crippen molar-refractivity contribution >= 4 is 11.7 Å². The molecule has 7 nitrogen and oxygen atoms in total. The van der Waals surface area contributed by atoms with Gasteiger partial charge in [0.25, 0.3) is 5.91 Å². The van der Waals surface area contributed by atoms with Crippen molar-refractivity contribution in [2.75, 3.05) is 34.5 Å². The van der Waals surface area contributed by atoms with Gasteiger partial charge >= 0.3 is 0 Å². The van der Waals surface area contributed by atoms with Gasteiger partial charge in [-0.1, -0.05) is 6.07 Å². The van der Waals surface area contributed by atoms with Crippen LogP contribution in [0.4, 0.5) is 0 Å². The number of methoxy groups -OCH3 is 3. The van der Waals surface area contributed by atoms with E-state index >= 15 is 0 Å². The van der Waals surface area contributed by atoms with Crippen molar-refractivity contribution in [1.82, 2.24) is 5.32 Å². The molecule has 0 fully saturated rings. The molecular formula is C21H25NO6. The van der Waals surface area contributed by atoms with Gasteiger partial charge in [-0.3, -0.25) is 9.59 Å². The van der Waals surface area contributed by atoms with Crippen molar-refractivity contribution in [3.8, 4) is 23.0 Å². The lowest BCUT2D eigenvalue weighted by Gasteiger charge is -2.12. The Hall–Kier alpha value is -3.22. The van der Waals surface area contributed by atoms with Crippen molar-refractivity contribution in [3.05, 3.63) is 47.5 Å². The predicted molar refractivity (Wildman–Crippen MR) is 105 cm³/mol. The van der Waals surface area contributed by atoms with Gasteiger partial charge in [-0.25, -0.2) is 0 Å². The molecule has 0 saturated heterocycles. The molecular weight excluding hydrogens is 362 g/mol. The third-order valence-electron chi connectivity index (χ3n) is 4.11. The van der Waals surface area contributed by atoms with E-state index in [1.165, 1.54) is 14.0 Å². The normalized spacial score (nSPS) is 10.1. The largest absolute Gasteiger partial charge is 0.493 e. The van der Waals surface area contributed by atoms with Gasteiger partial charge in [-0.15, -0.1) is 0 Å². The SMILES string of the molecule is COc1ccc(CCNC(=O)COc2ccc(C(C)=O)cc2OC)cc1OC. The van der Waals surface area contributed by atoms with Gasteiger partial charge in [0, 0.05) is 12.1 Å². The zero-order chi connectivity index (χ0) is 20.5. The lowest BCUT2D eigenvalue weighted by atomic mass is 10.1. The second kappa shape index (κ2) is 10.2. The van der Waals surface area contributed by atoms with Crippen molar-refractivity contribution < 1.29 is 28.5 Å². The topological polar surface area (TPSA) is 83.1 Å². The fraction of sp³-hybridized carbons (Fsp3) is 0.333. The van der Waals surface area contributed by atoms with Gasteiger partial charge in [0.15, 0.2) is 35.4 Å². The molecule has 0 atom stereocenters. The Kier molecular flexibility index (Phi) is 7.68. The van der Waals surface area contributed by atoms with Gasteiger partial charge in [0.2, 0.25) is 0 Å². The number of amides is 1. The maximum absolute atomic E-state index is 12.0. The lowest BCUT2D eigenvalue weighted by Crippen LogP contribution is -2.30. The van der Waals surface area contributed by atoms with Gasteiger partial charge < -0.3 is 24.3 Å². The third kappa shape index (κ3) is 5.64. The monoisotopic (exact) mass is 387 g/mol. The van der Waals surface area contributed by atoms with Crippen LogP contribution in [0.15, 0.2) is 36.4 Å². The maximum Gasteiger partial charge on any atom is 0.257 e. The number of ether oxygens (including phenoxy) is 4. The Balaban J connectivity index is 1.84. The minimum atomic E-state index is -0.252. The minimum absolute atomic E-state index is 0.0715. The van der Waals surface area contributed by atoms with Gasteiger partial charge in [-0.05, 0) is 49.2 Å². The van der Waals surface area contributed by atoms with Crippen LogP contribution in [0, 0.1) is 0 Å². The summed E-state index contributed by atoms with van der Waals surface area (Å²) in [6.45, 7) is 1.78. The van der Waals surface area contributed by atoms with E-state index in [0.717, 1.165) is 5.56 Å². The molecule has 0 spiro atoms. The number of Topliss-reactive ketones (excluding diaryl/α,β-unsaturated/α-hetero) is 1. The van der Waals surface area contributed by atoms with Crippen molar-refractivity contribution in [1.29, 1.82) is 0 Å². The molecule has 0 bridgehead atoms. The van der Waals surface area contributed by atoms with Crippen LogP contribution in [0.2, 0.25) is 0 Å². The number of nitrogens with one attached hydrogen (secondary N) is 1. The van der Waals surface area contributed by atoms with Crippen LogP contribution in [-0.4, -0.2) is 46.2 Å². The summed E-state index contributed by atoms with van der Waals surface area (Å²) >= 11 is 0. The van der Waals surface area contributed by atoms with Crippen LogP contribution in [0.25, 0.3) is 0 Å². The average molecular weight is 387 g/mol. The van der Waals surface area contributed by atoms with E-state index in [-0.39, 0.29) is 18.3 Å². The van der Waals surface area contributed by atoms with Crippen molar-refractivity contribution in [3.63, 3.8) is 0 Å². The summed E-state index contributed by atoms with van der Waals surface area (Å²) in [4.78, 5) is 23.5. The smallest absolute Gasteiger partial charge is 0.257 e. The first-order valence-corrected chi connectivity index (χ1v) is 8.77. The fourth-order valence-electron chi connectivity index (χ4n) is 2.58. The van der Waals surface area contributed by atoms with E-state index in [9.17, 15) is 9.59 Å². The van der Waals surface area contributed by atoms with Crippen LogP contribution in [0.3, 0.4) is 0 Å². The summed E-state index contributed by atoms with van der Waals surface area (Å²) in [6.07, 6.45) is 0.642. The number of carbonyl (C=O) groups excluding carboxylic acids is 2. The van der Waals surface area contributed by atoms with E-state index in [4.69, 9.17) is 18.9 Å². The van der Waals surface area contributed by atoms with Crippen LogP contribution in [-0.2, 0) is 11.2 Å². The number of ketones is 1. The molecule has 1 amide bonds.